The molecule has 1 heterocycles. The molecule has 122 valence electrons. The van der Waals surface area contributed by atoms with Crippen LogP contribution in [0, 0.1) is 0 Å². The Balaban J connectivity index is 1.70. The minimum absolute atomic E-state index is 0.0409. The topological polar surface area (TPSA) is 66.5 Å². The molecule has 1 atom stereocenters. The second-order valence-corrected chi connectivity index (χ2v) is 7.81. The summed E-state index contributed by atoms with van der Waals surface area (Å²) in [6.45, 7) is 1.04. The Morgan fingerprint density at radius 2 is 1.96 bits per heavy atom. The molecule has 5 nitrogen and oxygen atoms in total. The van der Waals surface area contributed by atoms with E-state index in [2.05, 4.69) is 4.72 Å². The number of nitrogens with zero attached hydrogens (tertiary/aromatic N) is 1. The van der Waals surface area contributed by atoms with Crippen LogP contribution in [0.25, 0.3) is 10.8 Å². The maximum atomic E-state index is 12.5. The zero-order chi connectivity index (χ0) is 16.4. The summed E-state index contributed by atoms with van der Waals surface area (Å²) < 4.78 is 25.1. The summed E-state index contributed by atoms with van der Waals surface area (Å²) in [7, 11) is -3.23. The number of amides is 1. The third-order valence-electron chi connectivity index (χ3n) is 4.14. The lowest BCUT2D eigenvalue weighted by Crippen LogP contribution is -2.38. The lowest BCUT2D eigenvalue weighted by atomic mass is 10.0. The Hall–Kier alpha value is -1.92. The fourth-order valence-electron chi connectivity index (χ4n) is 3.11. The van der Waals surface area contributed by atoms with Crippen molar-refractivity contribution in [1.82, 2.24) is 9.62 Å². The number of nitrogens with one attached hydrogen (secondary N) is 1. The average Bonchev–Trinajstić information content (AvgIpc) is 2.94. The highest BCUT2D eigenvalue weighted by molar-refractivity contribution is 7.88. The van der Waals surface area contributed by atoms with Crippen LogP contribution in [0.5, 0.6) is 0 Å². The fraction of sp³-hybridized carbons (Fsp3) is 0.353. The molecule has 2 aromatic rings. The predicted molar refractivity (Wildman–Crippen MR) is 90.6 cm³/mol. The van der Waals surface area contributed by atoms with E-state index in [0.717, 1.165) is 22.6 Å². The number of sulfonamides is 1. The molecule has 1 amide bonds. The van der Waals surface area contributed by atoms with E-state index in [0.29, 0.717) is 25.9 Å². The van der Waals surface area contributed by atoms with Crippen molar-refractivity contribution < 1.29 is 13.2 Å². The molecule has 0 aromatic heterocycles. The van der Waals surface area contributed by atoms with E-state index in [4.69, 9.17) is 0 Å². The van der Waals surface area contributed by atoms with Crippen LogP contribution >= 0.6 is 0 Å². The van der Waals surface area contributed by atoms with Crippen LogP contribution in [0.3, 0.4) is 0 Å². The third kappa shape index (κ3) is 3.89. The number of hydrogen-bond acceptors (Lipinski definition) is 3. The van der Waals surface area contributed by atoms with Gasteiger partial charge in [-0.05, 0) is 22.8 Å². The molecule has 0 unspecified atom stereocenters. The van der Waals surface area contributed by atoms with Gasteiger partial charge in [-0.15, -0.1) is 0 Å². The quantitative estimate of drug-likeness (QED) is 0.923. The van der Waals surface area contributed by atoms with E-state index in [1.807, 2.05) is 42.5 Å². The molecular weight excluding hydrogens is 312 g/mol. The van der Waals surface area contributed by atoms with Crippen molar-refractivity contribution in [3.63, 3.8) is 0 Å². The summed E-state index contributed by atoms with van der Waals surface area (Å²) in [5.74, 6) is 0.0409. The van der Waals surface area contributed by atoms with Crippen molar-refractivity contribution in [3.8, 4) is 0 Å². The number of rotatable bonds is 4. The Morgan fingerprint density at radius 1 is 1.22 bits per heavy atom. The van der Waals surface area contributed by atoms with Gasteiger partial charge < -0.3 is 4.90 Å². The molecule has 0 aliphatic carbocycles. The van der Waals surface area contributed by atoms with Gasteiger partial charge in [0.25, 0.3) is 0 Å². The molecule has 6 heteroatoms. The number of likely N-dealkylation sites (tertiary alicyclic amines) is 1. The first kappa shape index (κ1) is 16.0. The largest absolute Gasteiger partial charge is 0.341 e. The van der Waals surface area contributed by atoms with Crippen molar-refractivity contribution in [3.05, 3.63) is 48.0 Å². The van der Waals surface area contributed by atoms with Gasteiger partial charge in [-0.3, -0.25) is 4.79 Å². The monoisotopic (exact) mass is 332 g/mol. The molecule has 0 radical (unpaired) electrons. The summed E-state index contributed by atoms with van der Waals surface area (Å²) in [6.07, 6.45) is 2.15. The summed E-state index contributed by atoms with van der Waals surface area (Å²) >= 11 is 0. The molecule has 23 heavy (non-hydrogen) atoms. The molecule has 0 saturated carbocycles. The van der Waals surface area contributed by atoms with Gasteiger partial charge in [0.05, 0.1) is 12.7 Å². The van der Waals surface area contributed by atoms with E-state index in [-0.39, 0.29) is 11.9 Å². The van der Waals surface area contributed by atoms with Gasteiger partial charge in [-0.1, -0.05) is 42.5 Å². The van der Waals surface area contributed by atoms with E-state index < -0.39 is 10.0 Å². The van der Waals surface area contributed by atoms with Crippen molar-refractivity contribution in [2.45, 2.75) is 18.9 Å². The van der Waals surface area contributed by atoms with Crippen LogP contribution in [0.2, 0.25) is 0 Å². The minimum Gasteiger partial charge on any atom is -0.341 e. The molecular formula is C17H20N2O3S. The number of benzene rings is 2. The predicted octanol–water partition coefficient (Wildman–Crippen LogP) is 1.53. The molecule has 1 N–H and O–H groups in total. The lowest BCUT2D eigenvalue weighted by molar-refractivity contribution is -0.129. The molecule has 1 saturated heterocycles. The number of carbonyl (C=O) groups is 1. The van der Waals surface area contributed by atoms with E-state index >= 15 is 0 Å². The van der Waals surface area contributed by atoms with Crippen molar-refractivity contribution >= 4 is 26.7 Å². The molecule has 1 aliphatic heterocycles. The molecule has 2 aromatic carbocycles. The summed E-state index contributed by atoms with van der Waals surface area (Å²) in [5, 5.41) is 2.21. The second kappa shape index (κ2) is 6.29. The Bertz CT molecular complexity index is 827. The van der Waals surface area contributed by atoms with E-state index in [1.165, 1.54) is 0 Å². The van der Waals surface area contributed by atoms with Crippen LogP contribution in [0.4, 0.5) is 0 Å². The first-order valence-corrected chi connectivity index (χ1v) is 9.53. The SMILES string of the molecule is CS(=O)(=O)N[C@H]1CCN(C(=O)Cc2cccc3ccccc23)C1. The molecule has 1 aliphatic rings. The second-order valence-electron chi connectivity index (χ2n) is 6.03. The molecule has 0 bridgehead atoms. The van der Waals surface area contributed by atoms with Crippen LogP contribution in [0.15, 0.2) is 42.5 Å². The van der Waals surface area contributed by atoms with Crippen LogP contribution in [0.1, 0.15) is 12.0 Å². The zero-order valence-corrected chi connectivity index (χ0v) is 13.8. The van der Waals surface area contributed by atoms with Crippen molar-refractivity contribution in [2.24, 2.45) is 0 Å². The van der Waals surface area contributed by atoms with Crippen LogP contribution in [-0.2, 0) is 21.2 Å². The van der Waals surface area contributed by atoms with Gasteiger partial charge in [-0.2, -0.15) is 0 Å². The first-order chi connectivity index (χ1) is 10.9. The minimum atomic E-state index is -3.23. The van der Waals surface area contributed by atoms with Gasteiger partial charge in [0, 0.05) is 19.1 Å². The van der Waals surface area contributed by atoms with Gasteiger partial charge in [-0.25, -0.2) is 13.1 Å². The highest BCUT2D eigenvalue weighted by atomic mass is 32.2. The summed E-state index contributed by atoms with van der Waals surface area (Å²) in [5.41, 5.74) is 1.01. The third-order valence-corrected chi connectivity index (χ3v) is 4.90. The lowest BCUT2D eigenvalue weighted by Gasteiger charge is -2.17. The highest BCUT2D eigenvalue weighted by Crippen LogP contribution is 2.20. The van der Waals surface area contributed by atoms with Gasteiger partial charge in [0.15, 0.2) is 0 Å². The average molecular weight is 332 g/mol. The fourth-order valence-corrected chi connectivity index (χ4v) is 3.90. The summed E-state index contributed by atoms with van der Waals surface area (Å²) in [4.78, 5) is 14.3. The number of fused-ring (bicyclic) bond motifs is 1. The Kier molecular flexibility index (Phi) is 4.37. The molecule has 1 fully saturated rings. The maximum Gasteiger partial charge on any atom is 0.227 e. The van der Waals surface area contributed by atoms with Crippen molar-refractivity contribution in [2.75, 3.05) is 19.3 Å². The van der Waals surface area contributed by atoms with Crippen LogP contribution in [-0.4, -0.2) is 44.6 Å². The first-order valence-electron chi connectivity index (χ1n) is 7.64. The zero-order valence-electron chi connectivity index (χ0n) is 13.0. The Morgan fingerprint density at radius 3 is 2.74 bits per heavy atom. The van der Waals surface area contributed by atoms with Gasteiger partial charge in [0.2, 0.25) is 15.9 Å². The normalized spacial score (nSPS) is 18.5. The summed E-state index contributed by atoms with van der Waals surface area (Å²) in [6, 6.07) is 13.8. The van der Waals surface area contributed by atoms with E-state index in [9.17, 15) is 13.2 Å². The number of hydrogen-bond donors (Lipinski definition) is 1. The van der Waals surface area contributed by atoms with Gasteiger partial charge in [0.1, 0.15) is 0 Å². The maximum absolute atomic E-state index is 12.5. The Labute approximate surface area is 136 Å². The van der Waals surface area contributed by atoms with Crippen molar-refractivity contribution in [1.29, 1.82) is 0 Å². The van der Waals surface area contributed by atoms with Gasteiger partial charge >= 0.3 is 0 Å². The standard InChI is InChI=1S/C17H20N2O3S/c1-23(21,22)18-15-9-10-19(12-15)17(20)11-14-7-4-6-13-5-2-3-8-16(13)14/h2-8,15,18H,9-12H2,1H3/t15-/m0/s1. The highest BCUT2D eigenvalue weighted by Gasteiger charge is 2.28. The smallest absolute Gasteiger partial charge is 0.227 e. The number of carbonyl (C=O) groups excluding carboxylic acids is 1. The molecule has 3 rings (SSSR count). The molecule has 0 spiro atoms. The van der Waals surface area contributed by atoms with Crippen LogP contribution < -0.4 is 4.72 Å². The van der Waals surface area contributed by atoms with E-state index in [1.54, 1.807) is 4.90 Å².